The maximum Gasteiger partial charge on any atom is 0.164 e. The largest absolute Gasteiger partial charge is 0.456 e. The fourth-order valence-corrected chi connectivity index (χ4v) is 10.6. The highest BCUT2D eigenvalue weighted by atomic mass is 32.2. The summed E-state index contributed by atoms with van der Waals surface area (Å²) in [6, 6.07) is 58.0. The van der Waals surface area contributed by atoms with Crippen molar-refractivity contribution < 1.29 is 4.42 Å². The van der Waals surface area contributed by atoms with Crippen molar-refractivity contribution in [3.8, 4) is 56.4 Å². The second-order valence-electron chi connectivity index (χ2n) is 15.0. The van der Waals surface area contributed by atoms with Gasteiger partial charge in [-0.25, -0.2) is 15.0 Å². The zero-order valence-corrected chi connectivity index (χ0v) is 31.5. The molecule has 9 aromatic rings. The van der Waals surface area contributed by atoms with E-state index in [1.165, 1.54) is 43.8 Å². The molecule has 12 rings (SSSR count). The summed E-state index contributed by atoms with van der Waals surface area (Å²) in [7, 11) is 0. The van der Waals surface area contributed by atoms with Crippen LogP contribution >= 0.6 is 11.8 Å². The normalized spacial score (nSPS) is 16.7. The van der Waals surface area contributed by atoms with Crippen LogP contribution in [0, 0.1) is 0 Å². The van der Waals surface area contributed by atoms with Crippen LogP contribution in [0.3, 0.4) is 0 Å². The maximum absolute atomic E-state index is 6.42. The number of hydrogen-bond donors (Lipinski definition) is 0. The molecule has 0 amide bonds. The van der Waals surface area contributed by atoms with Gasteiger partial charge in [-0.2, -0.15) is 0 Å². The van der Waals surface area contributed by atoms with E-state index in [1.54, 1.807) is 0 Å². The van der Waals surface area contributed by atoms with Gasteiger partial charge in [-0.15, -0.1) is 11.8 Å². The van der Waals surface area contributed by atoms with Gasteiger partial charge in [0.15, 0.2) is 17.5 Å². The standard InChI is InChI=1S/C52H33N3OS/c1-3-12-31(13-4-1)50-53-51(32-14-5-2-6-15-32)55-52(54-50)35-23-26-45-42(30-35)41-28-33(22-25-44(41)56-45)34-24-27-46-43(29-34)49-40(20-11-21-47(49)57-46)48-38-18-9-7-16-36(38)37-17-8-10-19-39(37)48/h1-30,47-49H. The molecule has 0 fully saturated rings. The van der Waals surface area contributed by atoms with Gasteiger partial charge < -0.3 is 4.42 Å². The Morgan fingerprint density at radius 1 is 0.456 bits per heavy atom. The summed E-state index contributed by atoms with van der Waals surface area (Å²) < 4.78 is 6.42. The highest BCUT2D eigenvalue weighted by Crippen LogP contribution is 2.58. The monoisotopic (exact) mass is 747 g/mol. The van der Waals surface area contributed by atoms with Gasteiger partial charge >= 0.3 is 0 Å². The topological polar surface area (TPSA) is 51.8 Å². The van der Waals surface area contributed by atoms with Crippen LogP contribution in [0.15, 0.2) is 197 Å². The Labute approximate surface area is 334 Å². The average Bonchev–Trinajstić information content (AvgIpc) is 3.95. The lowest BCUT2D eigenvalue weighted by atomic mass is 9.75. The van der Waals surface area contributed by atoms with E-state index in [4.69, 9.17) is 19.4 Å². The van der Waals surface area contributed by atoms with Crippen molar-refractivity contribution in [2.24, 2.45) is 0 Å². The number of fused-ring (bicyclic) bond motifs is 9. The Kier molecular flexibility index (Phi) is 7.32. The second-order valence-corrected chi connectivity index (χ2v) is 16.3. The number of hydrogen-bond acceptors (Lipinski definition) is 5. The summed E-state index contributed by atoms with van der Waals surface area (Å²) in [6.45, 7) is 0. The van der Waals surface area contributed by atoms with Crippen LogP contribution in [0.4, 0.5) is 0 Å². The SMILES string of the molecule is C1=CC2Sc3ccc(-c4ccc5oc6ccc(-c7nc(-c8ccccc8)nc(-c8ccccc8)n7)cc6c5c4)cc3C2C(C2c3ccccc3-c3ccccc32)=C1. The second kappa shape index (κ2) is 12.9. The maximum atomic E-state index is 6.42. The van der Waals surface area contributed by atoms with E-state index in [0.29, 0.717) is 28.6 Å². The molecular weight excluding hydrogens is 715 g/mol. The smallest absolute Gasteiger partial charge is 0.164 e. The third-order valence-corrected chi connectivity index (χ3v) is 13.1. The minimum Gasteiger partial charge on any atom is -0.456 e. The van der Waals surface area contributed by atoms with E-state index in [1.807, 2.05) is 84.6 Å². The highest BCUT2D eigenvalue weighted by molar-refractivity contribution is 8.00. The Hall–Kier alpha value is -6.82. The summed E-state index contributed by atoms with van der Waals surface area (Å²) in [5.41, 5.74) is 15.3. The van der Waals surface area contributed by atoms with Crippen molar-refractivity contribution in [2.75, 3.05) is 0 Å². The predicted octanol–water partition coefficient (Wildman–Crippen LogP) is 13.3. The summed E-state index contributed by atoms with van der Waals surface area (Å²) >= 11 is 1.99. The number of aromatic nitrogens is 3. The van der Waals surface area contributed by atoms with E-state index in [9.17, 15) is 0 Å². The molecule has 7 aromatic carbocycles. The van der Waals surface area contributed by atoms with Crippen molar-refractivity contribution >= 4 is 33.7 Å². The van der Waals surface area contributed by atoms with Crippen LogP contribution < -0.4 is 0 Å². The molecule has 2 aromatic heterocycles. The van der Waals surface area contributed by atoms with E-state index in [0.717, 1.165) is 44.2 Å². The Morgan fingerprint density at radius 3 is 1.63 bits per heavy atom. The third kappa shape index (κ3) is 5.27. The number of thioether (sulfide) groups is 1. The lowest BCUT2D eigenvalue weighted by molar-refractivity contribution is 0.669. The molecule has 0 radical (unpaired) electrons. The zero-order valence-electron chi connectivity index (χ0n) is 30.7. The Morgan fingerprint density at radius 2 is 0.982 bits per heavy atom. The Bertz CT molecular complexity index is 3030. The molecule has 1 aliphatic heterocycles. The Balaban J connectivity index is 0.944. The molecule has 268 valence electrons. The molecule has 57 heavy (non-hydrogen) atoms. The number of allylic oxidation sites excluding steroid dienone is 3. The quantitative estimate of drug-likeness (QED) is 0.175. The van der Waals surface area contributed by atoms with Crippen LogP contribution in [-0.2, 0) is 0 Å². The fourth-order valence-electron chi connectivity index (χ4n) is 9.19. The summed E-state index contributed by atoms with van der Waals surface area (Å²) in [6.07, 6.45) is 7.07. The molecule has 3 heterocycles. The number of furan rings is 1. The molecule has 0 saturated carbocycles. The van der Waals surface area contributed by atoms with Gasteiger partial charge in [-0.05, 0) is 87.0 Å². The average molecular weight is 748 g/mol. The first-order chi connectivity index (χ1) is 28.2. The van der Waals surface area contributed by atoms with Crippen LogP contribution in [0.5, 0.6) is 0 Å². The zero-order chi connectivity index (χ0) is 37.5. The van der Waals surface area contributed by atoms with Crippen LogP contribution in [0.2, 0.25) is 0 Å². The fraction of sp³-hybridized carbons (Fsp3) is 0.0577. The van der Waals surface area contributed by atoms with Crippen LogP contribution in [0.1, 0.15) is 28.5 Å². The molecule has 5 heteroatoms. The summed E-state index contributed by atoms with van der Waals surface area (Å²) in [5.74, 6) is 2.44. The van der Waals surface area contributed by atoms with Gasteiger partial charge in [0.05, 0.1) is 0 Å². The lowest BCUT2D eigenvalue weighted by Gasteiger charge is -2.29. The van der Waals surface area contributed by atoms with Gasteiger partial charge in [-0.3, -0.25) is 0 Å². The van der Waals surface area contributed by atoms with E-state index in [-0.39, 0.29) is 5.92 Å². The van der Waals surface area contributed by atoms with E-state index in [2.05, 4.69) is 109 Å². The van der Waals surface area contributed by atoms with Gasteiger partial charge in [0.1, 0.15) is 11.2 Å². The molecule has 0 bridgehead atoms. The molecular formula is C52H33N3OS. The first-order valence-corrected chi connectivity index (χ1v) is 20.3. The van der Waals surface area contributed by atoms with E-state index >= 15 is 0 Å². The van der Waals surface area contributed by atoms with Gasteiger partial charge in [0.2, 0.25) is 0 Å². The molecule has 2 aliphatic carbocycles. The summed E-state index contributed by atoms with van der Waals surface area (Å²) in [5, 5.41) is 2.47. The first-order valence-electron chi connectivity index (χ1n) is 19.4. The van der Waals surface area contributed by atoms with Crippen LogP contribution in [0.25, 0.3) is 78.4 Å². The number of rotatable bonds is 5. The molecule has 0 spiro atoms. The predicted molar refractivity (Wildman–Crippen MR) is 232 cm³/mol. The molecule has 0 saturated heterocycles. The van der Waals surface area contributed by atoms with E-state index < -0.39 is 0 Å². The molecule has 2 atom stereocenters. The first kappa shape index (κ1) is 32.4. The molecule has 3 aliphatic rings. The molecule has 4 nitrogen and oxygen atoms in total. The van der Waals surface area contributed by atoms with Crippen molar-refractivity contribution in [2.45, 2.75) is 22.0 Å². The van der Waals surface area contributed by atoms with Crippen molar-refractivity contribution in [3.63, 3.8) is 0 Å². The lowest BCUT2D eigenvalue weighted by Crippen LogP contribution is -2.18. The highest BCUT2D eigenvalue weighted by Gasteiger charge is 2.42. The molecule has 2 unspecified atom stereocenters. The number of benzene rings is 7. The van der Waals surface area contributed by atoms with Crippen molar-refractivity contribution in [1.82, 2.24) is 15.0 Å². The van der Waals surface area contributed by atoms with Crippen LogP contribution in [-0.4, -0.2) is 20.2 Å². The van der Waals surface area contributed by atoms with Gasteiger partial charge in [-0.1, -0.05) is 140 Å². The molecule has 0 N–H and O–H groups in total. The number of nitrogens with zero attached hydrogens (tertiary/aromatic N) is 3. The van der Waals surface area contributed by atoms with Crippen molar-refractivity contribution in [3.05, 3.63) is 204 Å². The third-order valence-electron chi connectivity index (χ3n) is 11.8. The minimum atomic E-state index is 0.241. The van der Waals surface area contributed by atoms with Crippen molar-refractivity contribution in [1.29, 1.82) is 0 Å². The van der Waals surface area contributed by atoms with Gasteiger partial charge in [0, 0.05) is 49.4 Å². The minimum absolute atomic E-state index is 0.241. The summed E-state index contributed by atoms with van der Waals surface area (Å²) in [4.78, 5) is 16.3. The van der Waals surface area contributed by atoms with Gasteiger partial charge in [0.25, 0.3) is 0 Å².